The fraction of sp³-hybridized carbons (Fsp3) is 0.409. The molecular formula is C22H27N3O3. The molecule has 3 rings (SSSR count). The first-order valence-electron chi connectivity index (χ1n) is 9.89. The molecule has 0 aliphatic carbocycles. The van der Waals surface area contributed by atoms with Crippen molar-refractivity contribution in [1.29, 1.82) is 0 Å². The van der Waals surface area contributed by atoms with Crippen LogP contribution in [0.1, 0.15) is 42.1 Å². The first-order chi connectivity index (χ1) is 13.7. The van der Waals surface area contributed by atoms with Crippen LogP contribution in [-0.4, -0.2) is 47.4 Å². The number of hydrogen-bond acceptors (Lipinski definition) is 4. The molecule has 2 aromatic rings. The van der Waals surface area contributed by atoms with Gasteiger partial charge in [0.05, 0.1) is 6.54 Å². The van der Waals surface area contributed by atoms with Gasteiger partial charge in [-0.2, -0.15) is 0 Å². The average Bonchev–Trinajstić information content (AvgIpc) is 3.18. The average molecular weight is 381 g/mol. The van der Waals surface area contributed by atoms with E-state index in [0.717, 1.165) is 19.3 Å². The zero-order valence-corrected chi connectivity index (χ0v) is 16.3. The van der Waals surface area contributed by atoms with Gasteiger partial charge in [-0.3, -0.25) is 9.59 Å². The Hall–Kier alpha value is -2.89. The van der Waals surface area contributed by atoms with E-state index in [9.17, 15) is 9.59 Å². The zero-order valence-electron chi connectivity index (χ0n) is 16.3. The third-order valence-electron chi connectivity index (χ3n) is 4.83. The molecule has 6 nitrogen and oxygen atoms in total. The molecule has 0 spiro atoms. The van der Waals surface area contributed by atoms with E-state index in [0.29, 0.717) is 37.5 Å². The van der Waals surface area contributed by atoms with Gasteiger partial charge in [0.1, 0.15) is 11.7 Å². The van der Waals surface area contributed by atoms with Gasteiger partial charge < -0.3 is 15.0 Å². The van der Waals surface area contributed by atoms with Crippen molar-refractivity contribution in [2.75, 3.05) is 19.6 Å². The maximum absolute atomic E-state index is 12.5. The Labute approximate surface area is 165 Å². The number of carbonyl (C=O) groups excluding carboxylic acids is 2. The van der Waals surface area contributed by atoms with E-state index in [1.165, 1.54) is 5.56 Å². The van der Waals surface area contributed by atoms with E-state index in [2.05, 4.69) is 22.4 Å². The van der Waals surface area contributed by atoms with Crippen LogP contribution in [0.3, 0.4) is 0 Å². The summed E-state index contributed by atoms with van der Waals surface area (Å²) in [5.74, 6) is 0.293. The third kappa shape index (κ3) is 5.31. The molecule has 6 heteroatoms. The molecule has 28 heavy (non-hydrogen) atoms. The summed E-state index contributed by atoms with van der Waals surface area (Å²) in [6, 6.07) is 13.6. The number of aromatic nitrogens is 1. The van der Waals surface area contributed by atoms with E-state index in [4.69, 9.17) is 4.74 Å². The van der Waals surface area contributed by atoms with Gasteiger partial charge in [-0.15, -0.1) is 0 Å². The van der Waals surface area contributed by atoms with Crippen LogP contribution in [0, 0.1) is 0 Å². The van der Waals surface area contributed by atoms with Gasteiger partial charge in [-0.05, 0) is 37.5 Å². The van der Waals surface area contributed by atoms with Gasteiger partial charge >= 0.3 is 0 Å². The van der Waals surface area contributed by atoms with Crippen LogP contribution in [0.5, 0.6) is 5.88 Å². The summed E-state index contributed by atoms with van der Waals surface area (Å²) in [6.45, 7) is 3.63. The van der Waals surface area contributed by atoms with Crippen LogP contribution in [-0.2, 0) is 11.2 Å². The Morgan fingerprint density at radius 1 is 1.21 bits per heavy atom. The van der Waals surface area contributed by atoms with E-state index < -0.39 is 0 Å². The van der Waals surface area contributed by atoms with Gasteiger partial charge in [0, 0.05) is 32.1 Å². The van der Waals surface area contributed by atoms with Crippen LogP contribution < -0.4 is 10.1 Å². The van der Waals surface area contributed by atoms with Crippen molar-refractivity contribution in [2.24, 2.45) is 0 Å². The van der Waals surface area contributed by atoms with E-state index in [1.807, 2.05) is 30.0 Å². The summed E-state index contributed by atoms with van der Waals surface area (Å²) in [4.78, 5) is 30.7. The maximum Gasteiger partial charge on any atom is 0.256 e. The Morgan fingerprint density at radius 3 is 2.82 bits per heavy atom. The minimum atomic E-state index is -0.197. The SMILES string of the molecule is CCNC(=O)c1cccnc1OC1CCN(C(=O)CCCc2ccccc2)C1. The molecule has 0 saturated carbocycles. The summed E-state index contributed by atoms with van der Waals surface area (Å²) in [5.41, 5.74) is 1.68. The van der Waals surface area contributed by atoms with Crippen molar-refractivity contribution in [1.82, 2.24) is 15.2 Å². The van der Waals surface area contributed by atoms with Crippen molar-refractivity contribution in [3.05, 3.63) is 59.8 Å². The fourth-order valence-electron chi connectivity index (χ4n) is 3.37. The second kappa shape index (κ2) is 9.88. The molecule has 1 aromatic heterocycles. The maximum atomic E-state index is 12.5. The Morgan fingerprint density at radius 2 is 2.04 bits per heavy atom. The molecule has 1 aliphatic rings. The molecule has 1 unspecified atom stereocenters. The summed E-state index contributed by atoms with van der Waals surface area (Å²) in [6.07, 6.45) is 4.50. The van der Waals surface area contributed by atoms with Crippen molar-refractivity contribution < 1.29 is 14.3 Å². The number of nitrogens with one attached hydrogen (secondary N) is 1. The highest BCUT2D eigenvalue weighted by Crippen LogP contribution is 2.21. The molecule has 1 N–H and O–H groups in total. The minimum Gasteiger partial charge on any atom is -0.472 e. The number of aryl methyl sites for hydroxylation is 1. The molecule has 2 heterocycles. The molecule has 1 atom stereocenters. The van der Waals surface area contributed by atoms with Gasteiger partial charge in [-0.25, -0.2) is 4.98 Å². The third-order valence-corrected chi connectivity index (χ3v) is 4.83. The normalized spacial score (nSPS) is 16.0. The number of amides is 2. The molecule has 0 radical (unpaired) electrons. The molecule has 148 valence electrons. The van der Waals surface area contributed by atoms with Crippen molar-refractivity contribution in [3.8, 4) is 5.88 Å². The van der Waals surface area contributed by atoms with E-state index in [-0.39, 0.29) is 17.9 Å². The molecular weight excluding hydrogens is 354 g/mol. The quantitative estimate of drug-likeness (QED) is 0.763. The number of likely N-dealkylation sites (tertiary alicyclic amines) is 1. The lowest BCUT2D eigenvalue weighted by Crippen LogP contribution is -2.31. The second-order valence-corrected chi connectivity index (χ2v) is 6.92. The molecule has 0 bridgehead atoms. The highest BCUT2D eigenvalue weighted by atomic mass is 16.5. The standard InChI is InChI=1S/C22H27N3O3/c1-2-23-21(27)19-11-7-14-24-22(19)28-18-13-15-25(16-18)20(26)12-6-10-17-8-4-3-5-9-17/h3-5,7-9,11,14,18H,2,6,10,12-13,15-16H2,1H3,(H,23,27). The number of pyridine rings is 1. The van der Waals surface area contributed by atoms with Crippen LogP contribution in [0.25, 0.3) is 0 Å². The predicted molar refractivity (Wildman–Crippen MR) is 107 cm³/mol. The highest BCUT2D eigenvalue weighted by Gasteiger charge is 2.28. The van der Waals surface area contributed by atoms with E-state index >= 15 is 0 Å². The second-order valence-electron chi connectivity index (χ2n) is 6.92. The highest BCUT2D eigenvalue weighted by molar-refractivity contribution is 5.96. The number of rotatable bonds is 8. The number of benzene rings is 1. The number of nitrogens with zero attached hydrogens (tertiary/aromatic N) is 2. The smallest absolute Gasteiger partial charge is 0.256 e. The van der Waals surface area contributed by atoms with Gasteiger partial charge in [0.15, 0.2) is 0 Å². The summed E-state index contributed by atoms with van der Waals surface area (Å²) in [7, 11) is 0. The molecule has 1 aliphatic heterocycles. The number of hydrogen-bond donors (Lipinski definition) is 1. The minimum absolute atomic E-state index is 0.138. The predicted octanol–water partition coefficient (Wildman–Crippen LogP) is 2.83. The molecule has 2 amide bonds. The molecule has 1 fully saturated rings. The first kappa shape index (κ1) is 19.9. The lowest BCUT2D eigenvalue weighted by atomic mass is 10.1. The first-order valence-corrected chi connectivity index (χ1v) is 9.89. The van der Waals surface area contributed by atoms with Crippen LogP contribution in [0.15, 0.2) is 48.7 Å². The summed E-state index contributed by atoms with van der Waals surface area (Å²) >= 11 is 0. The van der Waals surface area contributed by atoms with Crippen molar-refractivity contribution in [2.45, 2.75) is 38.7 Å². The monoisotopic (exact) mass is 381 g/mol. The largest absolute Gasteiger partial charge is 0.472 e. The topological polar surface area (TPSA) is 71.5 Å². The summed E-state index contributed by atoms with van der Waals surface area (Å²) < 4.78 is 5.96. The Bertz CT molecular complexity index is 795. The van der Waals surface area contributed by atoms with Gasteiger partial charge in [0.2, 0.25) is 11.8 Å². The molecule has 1 saturated heterocycles. The van der Waals surface area contributed by atoms with Crippen LogP contribution in [0.2, 0.25) is 0 Å². The Kier molecular flexibility index (Phi) is 7.00. The Balaban J connectivity index is 1.49. The fourth-order valence-corrected chi connectivity index (χ4v) is 3.37. The van der Waals surface area contributed by atoms with Crippen LogP contribution in [0.4, 0.5) is 0 Å². The zero-order chi connectivity index (χ0) is 19.8. The number of ether oxygens (including phenoxy) is 1. The van der Waals surface area contributed by atoms with Crippen molar-refractivity contribution >= 4 is 11.8 Å². The molecule has 1 aromatic carbocycles. The van der Waals surface area contributed by atoms with Crippen molar-refractivity contribution in [3.63, 3.8) is 0 Å². The van der Waals surface area contributed by atoms with E-state index in [1.54, 1.807) is 18.3 Å². The lowest BCUT2D eigenvalue weighted by molar-refractivity contribution is -0.130. The van der Waals surface area contributed by atoms with Gasteiger partial charge in [0.25, 0.3) is 5.91 Å². The number of carbonyl (C=O) groups is 2. The van der Waals surface area contributed by atoms with Gasteiger partial charge in [-0.1, -0.05) is 30.3 Å². The summed E-state index contributed by atoms with van der Waals surface area (Å²) in [5, 5.41) is 2.77. The van der Waals surface area contributed by atoms with Crippen LogP contribution >= 0.6 is 0 Å². The lowest BCUT2D eigenvalue weighted by Gasteiger charge is -2.18.